The van der Waals surface area contributed by atoms with Crippen LogP contribution in [0.25, 0.3) is 5.76 Å². The first-order chi connectivity index (χ1) is 16.1. The summed E-state index contributed by atoms with van der Waals surface area (Å²) in [5, 5.41) is 21.6. The van der Waals surface area contributed by atoms with Crippen LogP contribution in [0.5, 0.6) is 17.2 Å². The van der Waals surface area contributed by atoms with Gasteiger partial charge in [0, 0.05) is 12.6 Å². The molecule has 1 fully saturated rings. The molecular weight excluding hydrogens is 436 g/mol. The number of phenols is 1. The monoisotopic (exact) mass is 468 g/mol. The van der Waals surface area contributed by atoms with Crippen LogP contribution >= 0.6 is 0 Å². The fourth-order valence-corrected chi connectivity index (χ4v) is 4.00. The molecule has 2 aromatic carbocycles. The number of Topliss-reactive ketones (excluding diaryl/α,β-unsaturated/α-hetero) is 1. The maximum Gasteiger partial charge on any atom is 0.295 e. The highest BCUT2D eigenvalue weighted by Crippen LogP contribution is 2.41. The Kier molecular flexibility index (Phi) is 7.83. The van der Waals surface area contributed by atoms with Crippen LogP contribution < -0.4 is 9.47 Å². The molecule has 1 atom stereocenters. The Morgan fingerprint density at radius 2 is 1.74 bits per heavy atom. The van der Waals surface area contributed by atoms with Gasteiger partial charge in [0.05, 0.1) is 30.4 Å². The number of amides is 1. The molecule has 0 aliphatic carbocycles. The van der Waals surface area contributed by atoms with Gasteiger partial charge in [0.1, 0.15) is 23.0 Å². The van der Waals surface area contributed by atoms with E-state index in [9.17, 15) is 19.8 Å². The van der Waals surface area contributed by atoms with Gasteiger partial charge in [-0.05, 0) is 70.7 Å². The van der Waals surface area contributed by atoms with E-state index < -0.39 is 23.5 Å². The minimum atomic E-state index is -0.795. The lowest BCUT2D eigenvalue weighted by molar-refractivity contribution is -0.139. The van der Waals surface area contributed by atoms with Gasteiger partial charge < -0.3 is 29.5 Å². The minimum Gasteiger partial charge on any atom is -0.507 e. The van der Waals surface area contributed by atoms with Gasteiger partial charge in [-0.1, -0.05) is 12.1 Å². The molecule has 0 bridgehead atoms. The number of ether oxygens (including phenoxy) is 2. The number of rotatable bonds is 9. The number of methoxy groups -OCH3 is 1. The Morgan fingerprint density at radius 3 is 2.29 bits per heavy atom. The van der Waals surface area contributed by atoms with Crippen LogP contribution in [0.4, 0.5) is 0 Å². The number of hydrogen-bond donors (Lipinski definition) is 2. The highest BCUT2D eigenvalue weighted by Gasteiger charge is 2.46. The zero-order valence-corrected chi connectivity index (χ0v) is 20.2. The molecule has 0 unspecified atom stereocenters. The molecule has 2 N–H and O–H groups in total. The first kappa shape index (κ1) is 25.1. The predicted molar refractivity (Wildman–Crippen MR) is 129 cm³/mol. The summed E-state index contributed by atoms with van der Waals surface area (Å²) in [5.74, 6) is -1.09. The first-order valence-electron chi connectivity index (χ1n) is 11.2. The van der Waals surface area contributed by atoms with E-state index in [1.54, 1.807) is 30.3 Å². The standard InChI is InChI=1S/C26H32N2O6/c1-16(2)34-18-9-7-17(8-10-18)23-22(24(30)20-12-11-19(33-5)15-21(20)29)25(31)26(32)28(23)14-6-13-27(3)4/h7-12,15-16,23,29-30H,6,13-14H2,1-5H3/t23-/m1/s1. The fourth-order valence-electron chi connectivity index (χ4n) is 4.00. The van der Waals surface area contributed by atoms with Crippen molar-refractivity contribution in [3.63, 3.8) is 0 Å². The second kappa shape index (κ2) is 10.6. The van der Waals surface area contributed by atoms with Gasteiger partial charge in [0.25, 0.3) is 11.7 Å². The molecule has 1 aliphatic rings. The highest BCUT2D eigenvalue weighted by molar-refractivity contribution is 6.46. The number of nitrogens with zero attached hydrogens (tertiary/aromatic N) is 2. The van der Waals surface area contributed by atoms with Crippen molar-refractivity contribution in [1.82, 2.24) is 9.80 Å². The number of ketones is 1. The molecule has 182 valence electrons. The topological polar surface area (TPSA) is 99.5 Å². The lowest BCUT2D eigenvalue weighted by Crippen LogP contribution is -2.32. The number of aliphatic hydroxyl groups excluding tert-OH is 1. The molecule has 1 saturated heterocycles. The minimum absolute atomic E-state index is 0.000525. The SMILES string of the molecule is COc1ccc(C(O)=C2C(=O)C(=O)N(CCCN(C)C)[C@@H]2c2ccc(OC(C)C)cc2)c(O)c1. The fraction of sp³-hybridized carbons (Fsp3) is 0.385. The number of benzene rings is 2. The largest absolute Gasteiger partial charge is 0.507 e. The van der Waals surface area contributed by atoms with Gasteiger partial charge in [-0.15, -0.1) is 0 Å². The molecule has 1 amide bonds. The Morgan fingerprint density at radius 1 is 1.09 bits per heavy atom. The highest BCUT2D eigenvalue weighted by atomic mass is 16.5. The smallest absolute Gasteiger partial charge is 0.295 e. The Hall–Kier alpha value is -3.52. The van der Waals surface area contributed by atoms with E-state index in [1.165, 1.54) is 24.1 Å². The van der Waals surface area contributed by atoms with Crippen LogP contribution in [0.15, 0.2) is 48.0 Å². The van der Waals surface area contributed by atoms with Crippen LogP contribution in [-0.2, 0) is 9.59 Å². The summed E-state index contributed by atoms with van der Waals surface area (Å²) in [4.78, 5) is 29.6. The van der Waals surface area contributed by atoms with Crippen LogP contribution in [0.2, 0.25) is 0 Å². The summed E-state index contributed by atoms with van der Waals surface area (Å²) in [5.41, 5.74) is 0.652. The third kappa shape index (κ3) is 5.34. The Balaban J connectivity index is 2.09. The third-order valence-electron chi connectivity index (χ3n) is 5.57. The number of carbonyl (C=O) groups is 2. The summed E-state index contributed by atoms with van der Waals surface area (Å²) in [6.07, 6.45) is 0.652. The van der Waals surface area contributed by atoms with Crippen molar-refractivity contribution >= 4 is 17.4 Å². The average molecular weight is 469 g/mol. The number of likely N-dealkylation sites (tertiary alicyclic amines) is 1. The molecule has 0 radical (unpaired) electrons. The summed E-state index contributed by atoms with van der Waals surface area (Å²) in [6.45, 7) is 4.92. The first-order valence-corrected chi connectivity index (χ1v) is 11.2. The van der Waals surface area contributed by atoms with Gasteiger partial charge in [-0.2, -0.15) is 0 Å². The van der Waals surface area contributed by atoms with E-state index in [-0.39, 0.29) is 23.0 Å². The van der Waals surface area contributed by atoms with Gasteiger partial charge in [0.15, 0.2) is 0 Å². The summed E-state index contributed by atoms with van der Waals surface area (Å²) >= 11 is 0. The van der Waals surface area contributed by atoms with E-state index in [1.807, 2.05) is 32.8 Å². The molecule has 0 saturated carbocycles. The molecule has 1 heterocycles. The van der Waals surface area contributed by atoms with Gasteiger partial charge in [0.2, 0.25) is 0 Å². The summed E-state index contributed by atoms with van der Waals surface area (Å²) < 4.78 is 10.8. The molecule has 8 nitrogen and oxygen atoms in total. The molecule has 34 heavy (non-hydrogen) atoms. The van der Waals surface area contributed by atoms with Crippen LogP contribution in [-0.4, -0.2) is 72.1 Å². The Bertz CT molecular complexity index is 1080. The normalized spacial score (nSPS) is 17.6. The number of aliphatic hydroxyl groups is 1. The van der Waals surface area contributed by atoms with E-state index in [2.05, 4.69) is 0 Å². The van der Waals surface area contributed by atoms with E-state index in [0.717, 1.165) is 6.54 Å². The maximum atomic E-state index is 13.1. The van der Waals surface area contributed by atoms with Crippen molar-refractivity contribution in [2.75, 3.05) is 34.3 Å². The summed E-state index contributed by atoms with van der Waals surface area (Å²) in [6, 6.07) is 10.7. The van der Waals surface area contributed by atoms with Gasteiger partial charge in [-0.25, -0.2) is 0 Å². The van der Waals surface area contributed by atoms with Gasteiger partial charge in [-0.3, -0.25) is 9.59 Å². The van der Waals surface area contributed by atoms with Crippen LogP contribution in [0, 0.1) is 0 Å². The lowest BCUT2D eigenvalue weighted by Gasteiger charge is -2.26. The molecule has 3 rings (SSSR count). The van der Waals surface area contributed by atoms with Crippen molar-refractivity contribution in [3.05, 3.63) is 59.2 Å². The van der Waals surface area contributed by atoms with Crippen molar-refractivity contribution in [2.45, 2.75) is 32.4 Å². The lowest BCUT2D eigenvalue weighted by atomic mass is 9.95. The molecule has 0 spiro atoms. The quantitative estimate of drug-likeness (QED) is 0.330. The maximum absolute atomic E-state index is 13.1. The molecule has 2 aromatic rings. The van der Waals surface area contributed by atoms with E-state index in [0.29, 0.717) is 30.0 Å². The van der Waals surface area contributed by atoms with Crippen molar-refractivity contribution in [1.29, 1.82) is 0 Å². The van der Waals surface area contributed by atoms with Crippen molar-refractivity contribution in [2.24, 2.45) is 0 Å². The molecule has 8 heteroatoms. The van der Waals surface area contributed by atoms with E-state index in [4.69, 9.17) is 9.47 Å². The zero-order chi connectivity index (χ0) is 25.0. The Labute approximate surface area is 200 Å². The number of hydrogen-bond acceptors (Lipinski definition) is 7. The molecular formula is C26H32N2O6. The predicted octanol–water partition coefficient (Wildman–Crippen LogP) is 3.56. The van der Waals surface area contributed by atoms with Crippen LogP contribution in [0.1, 0.15) is 37.4 Å². The van der Waals surface area contributed by atoms with Crippen molar-refractivity contribution < 1.29 is 29.3 Å². The molecule has 1 aliphatic heterocycles. The summed E-state index contributed by atoms with van der Waals surface area (Å²) in [7, 11) is 5.33. The second-order valence-electron chi connectivity index (χ2n) is 8.77. The number of carbonyl (C=O) groups excluding carboxylic acids is 2. The van der Waals surface area contributed by atoms with Gasteiger partial charge >= 0.3 is 0 Å². The number of phenolic OH excluding ortho intramolecular Hbond substituents is 1. The van der Waals surface area contributed by atoms with Crippen molar-refractivity contribution in [3.8, 4) is 17.2 Å². The van der Waals surface area contributed by atoms with Crippen LogP contribution in [0.3, 0.4) is 0 Å². The number of aromatic hydroxyl groups is 1. The zero-order valence-electron chi connectivity index (χ0n) is 20.2. The van der Waals surface area contributed by atoms with E-state index >= 15 is 0 Å². The third-order valence-corrected chi connectivity index (χ3v) is 5.57. The second-order valence-corrected chi connectivity index (χ2v) is 8.77. The average Bonchev–Trinajstić information content (AvgIpc) is 3.03. The molecule has 0 aromatic heterocycles.